The first-order chi connectivity index (χ1) is 12.2. The van der Waals surface area contributed by atoms with Gasteiger partial charge in [0.1, 0.15) is 5.82 Å². The normalized spacial score (nSPS) is 13.4. The summed E-state index contributed by atoms with van der Waals surface area (Å²) in [6.07, 6.45) is 7.28. The van der Waals surface area contributed by atoms with Crippen LogP contribution in [0.2, 0.25) is 0 Å². The molecular formula is C17H23N5O2S. The lowest BCUT2D eigenvalue weighted by Crippen LogP contribution is -2.30. The van der Waals surface area contributed by atoms with Crippen LogP contribution in [-0.4, -0.2) is 37.5 Å². The fourth-order valence-electron chi connectivity index (χ4n) is 2.85. The Balaban J connectivity index is 1.34. The van der Waals surface area contributed by atoms with Gasteiger partial charge in [-0.1, -0.05) is 6.07 Å². The molecule has 0 saturated carbocycles. The van der Waals surface area contributed by atoms with Crippen molar-refractivity contribution in [1.29, 1.82) is 0 Å². The average molecular weight is 361 g/mol. The molecule has 3 rings (SSSR count). The van der Waals surface area contributed by atoms with Crippen LogP contribution in [0.5, 0.6) is 0 Å². The Labute approximate surface area is 150 Å². The van der Waals surface area contributed by atoms with Gasteiger partial charge in [0.15, 0.2) is 0 Å². The minimum absolute atomic E-state index is 0.0189. The van der Waals surface area contributed by atoms with Crippen molar-refractivity contribution in [2.75, 3.05) is 12.3 Å². The second-order valence-corrected chi connectivity index (χ2v) is 7.07. The minimum atomic E-state index is -0.0203. The molecule has 1 N–H and O–H groups in total. The molecule has 8 heteroatoms. The SMILES string of the molecule is O=C(CSCc1cccnc1)NCCCn1nc2n(c1=O)CCCC2. The molecule has 1 aliphatic rings. The van der Waals surface area contributed by atoms with E-state index in [1.54, 1.807) is 22.5 Å². The fraction of sp³-hybridized carbons (Fsp3) is 0.529. The van der Waals surface area contributed by atoms with Crippen molar-refractivity contribution in [3.8, 4) is 0 Å². The molecule has 1 aliphatic heterocycles. The summed E-state index contributed by atoms with van der Waals surface area (Å²) in [5.74, 6) is 2.11. The Morgan fingerprint density at radius 3 is 3.08 bits per heavy atom. The molecule has 0 atom stereocenters. The van der Waals surface area contributed by atoms with Crippen LogP contribution in [0.3, 0.4) is 0 Å². The van der Waals surface area contributed by atoms with Crippen molar-refractivity contribution < 1.29 is 4.79 Å². The van der Waals surface area contributed by atoms with Crippen LogP contribution in [0.15, 0.2) is 29.3 Å². The molecule has 0 saturated heterocycles. The quantitative estimate of drug-likeness (QED) is 0.715. The highest BCUT2D eigenvalue weighted by Gasteiger charge is 2.16. The predicted octanol–water partition coefficient (Wildman–Crippen LogP) is 1.22. The third kappa shape index (κ3) is 4.94. The number of rotatable bonds is 8. The van der Waals surface area contributed by atoms with E-state index < -0.39 is 0 Å². The molecule has 2 aromatic rings. The molecule has 0 spiro atoms. The monoisotopic (exact) mass is 361 g/mol. The number of thioether (sulfide) groups is 1. The molecule has 0 aromatic carbocycles. The van der Waals surface area contributed by atoms with Gasteiger partial charge in [-0.25, -0.2) is 9.48 Å². The summed E-state index contributed by atoms with van der Waals surface area (Å²) in [6.45, 7) is 1.88. The molecule has 1 amide bonds. The molecular weight excluding hydrogens is 338 g/mol. The lowest BCUT2D eigenvalue weighted by atomic mass is 10.2. The number of fused-ring (bicyclic) bond motifs is 1. The van der Waals surface area contributed by atoms with Gasteiger partial charge < -0.3 is 5.32 Å². The van der Waals surface area contributed by atoms with E-state index in [1.807, 2.05) is 18.3 Å². The van der Waals surface area contributed by atoms with E-state index >= 15 is 0 Å². The zero-order chi connectivity index (χ0) is 17.5. The van der Waals surface area contributed by atoms with Crippen molar-refractivity contribution in [2.45, 2.75) is 44.5 Å². The maximum Gasteiger partial charge on any atom is 0.345 e. The number of carbonyl (C=O) groups excluding carboxylic acids is 1. The Kier molecular flexibility index (Phi) is 6.27. The molecule has 0 aliphatic carbocycles. The third-order valence-corrected chi connectivity index (χ3v) is 5.13. The number of nitrogens with one attached hydrogen (secondary N) is 1. The number of aryl methyl sites for hydroxylation is 2. The van der Waals surface area contributed by atoms with Crippen molar-refractivity contribution in [3.05, 3.63) is 46.4 Å². The minimum Gasteiger partial charge on any atom is -0.355 e. The van der Waals surface area contributed by atoms with Gasteiger partial charge in [0.2, 0.25) is 5.91 Å². The first-order valence-corrected chi connectivity index (χ1v) is 9.79. The van der Waals surface area contributed by atoms with E-state index in [4.69, 9.17) is 0 Å². The van der Waals surface area contributed by atoms with Crippen LogP contribution in [0.25, 0.3) is 0 Å². The largest absolute Gasteiger partial charge is 0.355 e. The van der Waals surface area contributed by atoms with Crippen LogP contribution in [0.1, 0.15) is 30.7 Å². The van der Waals surface area contributed by atoms with Crippen molar-refractivity contribution in [1.82, 2.24) is 24.6 Å². The number of hydrogen-bond donors (Lipinski definition) is 1. The van der Waals surface area contributed by atoms with E-state index in [2.05, 4.69) is 15.4 Å². The van der Waals surface area contributed by atoms with Crippen LogP contribution < -0.4 is 11.0 Å². The summed E-state index contributed by atoms with van der Waals surface area (Å²) < 4.78 is 3.31. The number of pyridine rings is 1. The second-order valence-electron chi connectivity index (χ2n) is 6.09. The van der Waals surface area contributed by atoms with Gasteiger partial charge in [-0.05, 0) is 30.9 Å². The first-order valence-electron chi connectivity index (χ1n) is 8.64. The predicted molar refractivity (Wildman–Crippen MR) is 97.5 cm³/mol. The highest BCUT2D eigenvalue weighted by atomic mass is 32.2. The van der Waals surface area contributed by atoms with Gasteiger partial charge >= 0.3 is 5.69 Å². The number of amides is 1. The van der Waals surface area contributed by atoms with Gasteiger partial charge in [0.25, 0.3) is 0 Å². The van der Waals surface area contributed by atoms with Gasteiger partial charge in [-0.2, -0.15) is 5.10 Å². The van der Waals surface area contributed by atoms with Crippen LogP contribution in [0, 0.1) is 0 Å². The molecule has 0 bridgehead atoms. The first kappa shape index (κ1) is 17.7. The van der Waals surface area contributed by atoms with E-state index in [-0.39, 0.29) is 11.6 Å². The van der Waals surface area contributed by atoms with E-state index in [0.29, 0.717) is 25.3 Å². The standard InChI is InChI=1S/C17H23N5O2S/c23-16(13-25-12-14-5-3-7-18-11-14)19-8-4-10-22-17(24)21-9-2-1-6-15(21)20-22/h3,5,7,11H,1-2,4,6,8-10,12-13H2,(H,19,23). The zero-order valence-electron chi connectivity index (χ0n) is 14.2. The second kappa shape index (κ2) is 8.84. The molecule has 25 heavy (non-hydrogen) atoms. The number of hydrogen-bond acceptors (Lipinski definition) is 5. The van der Waals surface area contributed by atoms with Gasteiger partial charge in [-0.15, -0.1) is 11.8 Å². The molecule has 134 valence electrons. The van der Waals surface area contributed by atoms with Gasteiger partial charge in [0, 0.05) is 44.2 Å². The van der Waals surface area contributed by atoms with E-state index in [1.165, 1.54) is 4.68 Å². The Bertz CT molecular complexity index is 756. The molecule has 0 radical (unpaired) electrons. The summed E-state index contributed by atoms with van der Waals surface area (Å²) in [4.78, 5) is 28.1. The summed E-state index contributed by atoms with van der Waals surface area (Å²) in [5, 5.41) is 7.29. The fourth-order valence-corrected chi connectivity index (χ4v) is 3.64. The topological polar surface area (TPSA) is 81.8 Å². The summed E-state index contributed by atoms with van der Waals surface area (Å²) in [5.41, 5.74) is 1.09. The molecule has 0 unspecified atom stereocenters. The van der Waals surface area contributed by atoms with Crippen molar-refractivity contribution in [2.24, 2.45) is 0 Å². The maximum absolute atomic E-state index is 12.2. The smallest absolute Gasteiger partial charge is 0.345 e. The van der Waals surface area contributed by atoms with Crippen LogP contribution >= 0.6 is 11.8 Å². The Hall–Kier alpha value is -2.09. The zero-order valence-corrected chi connectivity index (χ0v) is 15.0. The summed E-state index contributed by atoms with van der Waals surface area (Å²) >= 11 is 1.57. The van der Waals surface area contributed by atoms with E-state index in [9.17, 15) is 9.59 Å². The lowest BCUT2D eigenvalue weighted by Gasteiger charge is -2.09. The highest BCUT2D eigenvalue weighted by molar-refractivity contribution is 7.99. The van der Waals surface area contributed by atoms with E-state index in [0.717, 1.165) is 42.9 Å². The average Bonchev–Trinajstić information content (AvgIpc) is 2.96. The number of nitrogens with zero attached hydrogens (tertiary/aromatic N) is 4. The number of carbonyl (C=O) groups is 1. The van der Waals surface area contributed by atoms with Crippen LogP contribution in [0.4, 0.5) is 0 Å². The molecule has 0 fully saturated rings. The summed E-state index contributed by atoms with van der Waals surface area (Å²) in [7, 11) is 0. The molecule has 7 nitrogen and oxygen atoms in total. The van der Waals surface area contributed by atoms with Crippen molar-refractivity contribution in [3.63, 3.8) is 0 Å². The van der Waals surface area contributed by atoms with Gasteiger partial charge in [-0.3, -0.25) is 14.3 Å². The molecule has 2 aromatic heterocycles. The Morgan fingerprint density at radius 2 is 2.28 bits per heavy atom. The highest BCUT2D eigenvalue weighted by Crippen LogP contribution is 2.10. The molecule has 3 heterocycles. The Morgan fingerprint density at radius 1 is 1.36 bits per heavy atom. The third-order valence-electron chi connectivity index (χ3n) is 4.13. The summed E-state index contributed by atoms with van der Waals surface area (Å²) in [6, 6.07) is 3.89. The van der Waals surface area contributed by atoms with Gasteiger partial charge in [0.05, 0.1) is 5.75 Å². The number of aromatic nitrogens is 4. The maximum atomic E-state index is 12.2. The van der Waals surface area contributed by atoms with Crippen LogP contribution in [-0.2, 0) is 30.1 Å². The van der Waals surface area contributed by atoms with Crippen molar-refractivity contribution >= 4 is 17.7 Å². The lowest BCUT2D eigenvalue weighted by molar-refractivity contribution is -0.118.